The lowest BCUT2D eigenvalue weighted by Crippen LogP contribution is -2.08. The van der Waals surface area contributed by atoms with E-state index >= 15 is 0 Å². The quantitative estimate of drug-likeness (QED) is 0.813. The Balaban J connectivity index is 2.04. The van der Waals surface area contributed by atoms with Gasteiger partial charge in [-0.2, -0.15) is 0 Å². The summed E-state index contributed by atoms with van der Waals surface area (Å²) in [7, 11) is 0. The van der Waals surface area contributed by atoms with Gasteiger partial charge in [-0.1, -0.05) is 6.07 Å². The fraction of sp³-hybridized carbons (Fsp3) is 0.214. The first-order valence-corrected chi connectivity index (χ1v) is 5.81. The Bertz CT molecular complexity index is 552. The van der Waals surface area contributed by atoms with Crippen molar-refractivity contribution in [3.63, 3.8) is 0 Å². The number of rotatable bonds is 1. The smallest absolute Gasteiger partial charge is 0.124 e. The van der Waals surface area contributed by atoms with Gasteiger partial charge in [0.25, 0.3) is 0 Å². The topological polar surface area (TPSA) is 48.1 Å². The summed E-state index contributed by atoms with van der Waals surface area (Å²) in [6.45, 7) is 0.822. The Kier molecular flexibility index (Phi) is 2.44. The lowest BCUT2D eigenvalue weighted by molar-refractivity contribution is 0.288. The van der Waals surface area contributed by atoms with Gasteiger partial charge in [-0.05, 0) is 48.7 Å². The highest BCUT2D eigenvalue weighted by molar-refractivity contribution is 5.63. The van der Waals surface area contributed by atoms with Crippen molar-refractivity contribution >= 4 is 5.82 Å². The number of pyridine rings is 1. The van der Waals surface area contributed by atoms with Crippen molar-refractivity contribution in [1.82, 2.24) is 4.98 Å². The highest BCUT2D eigenvalue weighted by atomic mass is 16.5. The molecule has 3 heteroatoms. The number of aryl methyl sites for hydroxylation is 1. The summed E-state index contributed by atoms with van der Waals surface area (Å²) in [5.41, 5.74) is 8.97. The Morgan fingerprint density at radius 3 is 3.00 bits per heavy atom. The summed E-state index contributed by atoms with van der Waals surface area (Å²) >= 11 is 0. The van der Waals surface area contributed by atoms with E-state index in [1.54, 1.807) is 6.07 Å². The number of aromatic nitrogens is 1. The molecule has 2 N–H and O–H groups in total. The van der Waals surface area contributed by atoms with E-state index in [2.05, 4.69) is 11.1 Å². The van der Waals surface area contributed by atoms with E-state index in [4.69, 9.17) is 10.5 Å². The first-order chi connectivity index (χ1) is 8.33. The highest BCUT2D eigenvalue weighted by Gasteiger charge is 2.11. The molecule has 3 rings (SSSR count). The van der Waals surface area contributed by atoms with Gasteiger partial charge in [0, 0.05) is 5.56 Å². The Morgan fingerprint density at radius 2 is 2.12 bits per heavy atom. The molecule has 3 nitrogen and oxygen atoms in total. The zero-order valence-electron chi connectivity index (χ0n) is 9.52. The second kappa shape index (κ2) is 4.09. The molecule has 0 radical (unpaired) electrons. The van der Waals surface area contributed by atoms with Gasteiger partial charge in [-0.25, -0.2) is 4.98 Å². The molecule has 0 saturated heterocycles. The fourth-order valence-corrected chi connectivity index (χ4v) is 2.13. The van der Waals surface area contributed by atoms with Gasteiger partial charge in [0.05, 0.1) is 12.3 Å². The minimum atomic E-state index is 0.552. The molecule has 0 aliphatic carbocycles. The van der Waals surface area contributed by atoms with Crippen molar-refractivity contribution in [3.05, 3.63) is 42.0 Å². The highest BCUT2D eigenvalue weighted by Crippen LogP contribution is 2.29. The zero-order chi connectivity index (χ0) is 11.7. The second-order valence-corrected chi connectivity index (χ2v) is 4.22. The fourth-order valence-electron chi connectivity index (χ4n) is 2.13. The number of nitrogens with two attached hydrogens (primary N) is 1. The van der Waals surface area contributed by atoms with Crippen LogP contribution in [0.2, 0.25) is 0 Å². The van der Waals surface area contributed by atoms with Crippen molar-refractivity contribution < 1.29 is 4.74 Å². The molecule has 1 aromatic heterocycles. The maximum atomic E-state index is 5.70. The normalized spacial score (nSPS) is 13.9. The molecule has 0 unspecified atom stereocenters. The molecule has 17 heavy (non-hydrogen) atoms. The minimum Gasteiger partial charge on any atom is -0.493 e. The van der Waals surface area contributed by atoms with E-state index in [-0.39, 0.29) is 0 Å². The van der Waals surface area contributed by atoms with Crippen molar-refractivity contribution in [2.45, 2.75) is 12.8 Å². The number of hydrogen-bond donors (Lipinski definition) is 1. The summed E-state index contributed by atoms with van der Waals surface area (Å²) in [4.78, 5) is 4.33. The molecule has 0 amide bonds. The number of hydrogen-bond acceptors (Lipinski definition) is 3. The summed E-state index contributed by atoms with van der Waals surface area (Å²) in [6.07, 6.45) is 2.16. The molecular formula is C14H14N2O. The van der Waals surface area contributed by atoms with Crippen molar-refractivity contribution in [2.75, 3.05) is 12.3 Å². The largest absolute Gasteiger partial charge is 0.493 e. The molecule has 0 bridgehead atoms. The summed E-state index contributed by atoms with van der Waals surface area (Å²) in [5.74, 6) is 1.56. The first-order valence-electron chi connectivity index (χ1n) is 5.81. The van der Waals surface area contributed by atoms with Gasteiger partial charge in [0.15, 0.2) is 0 Å². The van der Waals surface area contributed by atoms with Crippen LogP contribution in [-0.4, -0.2) is 11.6 Å². The monoisotopic (exact) mass is 226 g/mol. The van der Waals surface area contributed by atoms with Crippen LogP contribution in [0.3, 0.4) is 0 Å². The van der Waals surface area contributed by atoms with Gasteiger partial charge in [-0.3, -0.25) is 0 Å². The van der Waals surface area contributed by atoms with E-state index < -0.39 is 0 Å². The molecule has 0 saturated carbocycles. The predicted molar refractivity (Wildman–Crippen MR) is 67.9 cm³/mol. The van der Waals surface area contributed by atoms with Crippen LogP contribution in [-0.2, 0) is 6.42 Å². The number of nitrogen functional groups attached to an aromatic ring is 1. The summed E-state index contributed by atoms with van der Waals surface area (Å²) in [6, 6.07) is 11.9. The van der Waals surface area contributed by atoms with E-state index in [0.717, 1.165) is 36.5 Å². The average molecular weight is 226 g/mol. The van der Waals surface area contributed by atoms with E-state index in [1.165, 1.54) is 5.56 Å². The molecule has 1 aliphatic rings. The molecule has 1 aliphatic heterocycles. The number of fused-ring (bicyclic) bond motifs is 1. The number of anilines is 1. The average Bonchev–Trinajstić information content (AvgIpc) is 2.38. The lowest BCUT2D eigenvalue weighted by Gasteiger charge is -2.17. The maximum Gasteiger partial charge on any atom is 0.124 e. The van der Waals surface area contributed by atoms with Gasteiger partial charge in [0.2, 0.25) is 0 Å². The number of nitrogens with zero attached hydrogens (tertiary/aromatic N) is 1. The minimum absolute atomic E-state index is 0.552. The van der Waals surface area contributed by atoms with Crippen molar-refractivity contribution in [3.8, 4) is 17.0 Å². The van der Waals surface area contributed by atoms with Gasteiger partial charge in [0.1, 0.15) is 11.6 Å². The van der Waals surface area contributed by atoms with Crippen molar-refractivity contribution in [1.29, 1.82) is 0 Å². The van der Waals surface area contributed by atoms with Gasteiger partial charge < -0.3 is 10.5 Å². The molecule has 0 spiro atoms. The van der Waals surface area contributed by atoms with E-state index in [1.807, 2.05) is 24.3 Å². The molecule has 2 aromatic rings. The van der Waals surface area contributed by atoms with Crippen LogP contribution < -0.4 is 10.5 Å². The van der Waals surface area contributed by atoms with Crippen LogP contribution >= 0.6 is 0 Å². The third-order valence-corrected chi connectivity index (χ3v) is 2.97. The first kappa shape index (κ1) is 10.1. The molecule has 2 heterocycles. The Labute approximate surface area is 100 Å². The molecule has 0 fully saturated rings. The molecule has 1 aromatic carbocycles. The number of ether oxygens (including phenoxy) is 1. The SMILES string of the molecule is Nc1cccc(-c2ccc3c(c2)CCCO3)n1. The third kappa shape index (κ3) is 1.96. The van der Waals surface area contributed by atoms with Crippen LogP contribution in [0.4, 0.5) is 5.82 Å². The van der Waals surface area contributed by atoms with E-state index in [9.17, 15) is 0 Å². The second-order valence-electron chi connectivity index (χ2n) is 4.22. The van der Waals surface area contributed by atoms with Gasteiger partial charge in [-0.15, -0.1) is 0 Å². The summed E-state index contributed by atoms with van der Waals surface area (Å²) < 4.78 is 5.59. The van der Waals surface area contributed by atoms with Crippen LogP contribution in [0.1, 0.15) is 12.0 Å². The van der Waals surface area contributed by atoms with Gasteiger partial charge >= 0.3 is 0 Å². The van der Waals surface area contributed by atoms with Crippen LogP contribution in [0, 0.1) is 0 Å². The van der Waals surface area contributed by atoms with Crippen LogP contribution in [0.5, 0.6) is 5.75 Å². The predicted octanol–water partition coefficient (Wildman–Crippen LogP) is 2.66. The molecule has 86 valence electrons. The van der Waals surface area contributed by atoms with Crippen molar-refractivity contribution in [2.24, 2.45) is 0 Å². The zero-order valence-corrected chi connectivity index (χ0v) is 9.52. The number of benzene rings is 1. The third-order valence-electron chi connectivity index (χ3n) is 2.97. The van der Waals surface area contributed by atoms with Crippen LogP contribution in [0.15, 0.2) is 36.4 Å². The Morgan fingerprint density at radius 1 is 1.18 bits per heavy atom. The standard InChI is InChI=1S/C14H14N2O/c15-14-5-1-4-12(16-14)10-6-7-13-11(9-10)3-2-8-17-13/h1,4-7,9H,2-3,8H2,(H2,15,16). The molecular weight excluding hydrogens is 212 g/mol. The summed E-state index contributed by atoms with van der Waals surface area (Å²) in [5, 5.41) is 0. The Hall–Kier alpha value is -2.03. The van der Waals surface area contributed by atoms with E-state index in [0.29, 0.717) is 5.82 Å². The maximum absolute atomic E-state index is 5.70. The van der Waals surface area contributed by atoms with Crippen LogP contribution in [0.25, 0.3) is 11.3 Å². The molecule has 0 atom stereocenters. The lowest BCUT2D eigenvalue weighted by atomic mass is 10.0.